The number of nitriles is 1. The van der Waals surface area contributed by atoms with E-state index in [0.717, 1.165) is 12.3 Å². The minimum absolute atomic E-state index is 0.208. The van der Waals surface area contributed by atoms with Gasteiger partial charge in [0.2, 0.25) is 0 Å². The lowest BCUT2D eigenvalue weighted by atomic mass is 10.1. The van der Waals surface area contributed by atoms with E-state index in [4.69, 9.17) is 17.1 Å². The van der Waals surface area contributed by atoms with Crippen LogP contribution in [0.1, 0.15) is 11.1 Å². The lowest BCUT2D eigenvalue weighted by Crippen LogP contribution is -1.89. The molecule has 1 rings (SSSR count). The van der Waals surface area contributed by atoms with E-state index in [2.05, 4.69) is 9.55 Å². The molecular formula is C8H4ClFN2O. The summed E-state index contributed by atoms with van der Waals surface area (Å²) in [5.41, 5.74) is 0.459. The normalized spacial score (nSPS) is 9.92. The Hall–Kier alpha value is -1.60. The Morgan fingerprint density at radius 3 is 2.92 bits per heavy atom. The Morgan fingerprint density at radius 2 is 2.38 bits per heavy atom. The third-order valence-electron chi connectivity index (χ3n) is 1.36. The maximum Gasteiger partial charge on any atom is 0.167 e. The molecule has 0 saturated heterocycles. The van der Waals surface area contributed by atoms with Crippen LogP contribution in [-0.2, 0) is 4.39 Å². The highest BCUT2D eigenvalue weighted by molar-refractivity contribution is 6.07. The van der Waals surface area contributed by atoms with Crippen molar-refractivity contribution in [3.8, 4) is 6.07 Å². The van der Waals surface area contributed by atoms with E-state index in [1.54, 1.807) is 0 Å². The number of hydrogen-bond acceptors (Lipinski definition) is 3. The van der Waals surface area contributed by atoms with Crippen LogP contribution in [0.4, 0.5) is 4.39 Å². The van der Waals surface area contributed by atoms with Gasteiger partial charge in [-0.3, -0.25) is 4.39 Å². The van der Waals surface area contributed by atoms with Gasteiger partial charge in [0.1, 0.15) is 5.82 Å². The molecule has 66 valence electrons. The van der Waals surface area contributed by atoms with Gasteiger partial charge in [-0.05, 0) is 18.2 Å². The summed E-state index contributed by atoms with van der Waals surface area (Å²) in [7, 11) is 0. The fourth-order valence-electron chi connectivity index (χ4n) is 0.778. The summed E-state index contributed by atoms with van der Waals surface area (Å²) in [6, 6.07) is 5.80. The standard InChI is InChI=1S/C8H4ClFN2O/c9-13-12-5-7-2-1-6(4-11)3-8(7)10/h1-3,5H. The molecule has 0 bridgehead atoms. The van der Waals surface area contributed by atoms with Crippen LogP contribution >= 0.6 is 11.9 Å². The second-order valence-electron chi connectivity index (χ2n) is 2.15. The molecule has 3 nitrogen and oxygen atoms in total. The molecule has 0 unspecified atom stereocenters. The summed E-state index contributed by atoms with van der Waals surface area (Å²) < 4.78 is 16.9. The molecule has 1 aromatic carbocycles. The molecule has 0 atom stereocenters. The van der Waals surface area contributed by atoms with Gasteiger partial charge in [-0.25, -0.2) is 4.39 Å². The van der Waals surface area contributed by atoms with Gasteiger partial charge in [-0.15, -0.1) is 0 Å². The molecule has 0 spiro atoms. The maximum absolute atomic E-state index is 13.0. The van der Waals surface area contributed by atoms with Crippen LogP contribution in [0.2, 0.25) is 0 Å². The number of benzene rings is 1. The third-order valence-corrected chi connectivity index (χ3v) is 1.44. The summed E-state index contributed by atoms with van der Waals surface area (Å²) in [5, 5.41) is 11.6. The molecule has 0 radical (unpaired) electrons. The van der Waals surface area contributed by atoms with Crippen molar-refractivity contribution in [2.24, 2.45) is 5.16 Å². The quantitative estimate of drug-likeness (QED) is 0.540. The highest BCUT2D eigenvalue weighted by atomic mass is 35.5. The first kappa shape index (κ1) is 9.49. The van der Waals surface area contributed by atoms with E-state index in [1.165, 1.54) is 12.1 Å². The van der Waals surface area contributed by atoms with E-state index in [0.29, 0.717) is 0 Å². The average Bonchev–Trinajstić information content (AvgIpc) is 2.16. The van der Waals surface area contributed by atoms with Crippen LogP contribution in [0.25, 0.3) is 0 Å². The van der Waals surface area contributed by atoms with Crippen molar-refractivity contribution >= 4 is 18.1 Å². The Morgan fingerprint density at radius 1 is 1.62 bits per heavy atom. The van der Waals surface area contributed by atoms with Gasteiger partial charge in [0.15, 0.2) is 11.9 Å². The SMILES string of the molecule is N#Cc1ccc(C=NOCl)c(F)c1. The van der Waals surface area contributed by atoms with Gasteiger partial charge in [0, 0.05) is 5.56 Å². The summed E-state index contributed by atoms with van der Waals surface area (Å²) in [6.45, 7) is 0. The van der Waals surface area contributed by atoms with Gasteiger partial charge < -0.3 is 0 Å². The predicted molar refractivity (Wildman–Crippen MR) is 45.6 cm³/mol. The van der Waals surface area contributed by atoms with Crippen molar-refractivity contribution in [2.75, 3.05) is 0 Å². The molecule has 13 heavy (non-hydrogen) atoms. The van der Waals surface area contributed by atoms with Crippen molar-refractivity contribution in [3.05, 3.63) is 35.1 Å². The van der Waals surface area contributed by atoms with Crippen molar-refractivity contribution in [2.45, 2.75) is 0 Å². The number of rotatable bonds is 2. The molecule has 0 saturated carbocycles. The first-order chi connectivity index (χ1) is 6.27. The maximum atomic E-state index is 13.0. The topological polar surface area (TPSA) is 45.4 Å². The highest BCUT2D eigenvalue weighted by Gasteiger charge is 2.00. The summed E-state index contributed by atoms with van der Waals surface area (Å²) >= 11 is 4.79. The van der Waals surface area contributed by atoms with Crippen LogP contribution in [0, 0.1) is 17.1 Å². The summed E-state index contributed by atoms with van der Waals surface area (Å²) in [4.78, 5) is 0. The van der Waals surface area contributed by atoms with Crippen molar-refractivity contribution < 1.29 is 8.78 Å². The largest absolute Gasteiger partial charge is 0.277 e. The molecule has 1 aromatic rings. The van der Waals surface area contributed by atoms with E-state index in [-0.39, 0.29) is 11.1 Å². The van der Waals surface area contributed by atoms with Crippen molar-refractivity contribution in [1.29, 1.82) is 5.26 Å². The molecule has 0 fully saturated rings. The third kappa shape index (κ3) is 2.42. The van der Waals surface area contributed by atoms with Crippen LogP contribution in [0.5, 0.6) is 0 Å². The van der Waals surface area contributed by atoms with Gasteiger partial charge >= 0.3 is 0 Å². The molecule has 0 amide bonds. The van der Waals surface area contributed by atoms with Crippen molar-refractivity contribution in [1.82, 2.24) is 0 Å². The molecule has 0 N–H and O–H groups in total. The van der Waals surface area contributed by atoms with Crippen LogP contribution in [0.3, 0.4) is 0 Å². The van der Waals surface area contributed by atoms with Gasteiger partial charge in [0.25, 0.3) is 0 Å². The zero-order chi connectivity index (χ0) is 9.68. The van der Waals surface area contributed by atoms with Crippen molar-refractivity contribution in [3.63, 3.8) is 0 Å². The number of nitrogens with zero attached hydrogens (tertiary/aromatic N) is 2. The van der Waals surface area contributed by atoms with Gasteiger partial charge in [0.05, 0.1) is 17.8 Å². The second-order valence-corrected chi connectivity index (χ2v) is 2.29. The molecule has 0 aliphatic heterocycles. The minimum Gasteiger partial charge on any atom is -0.277 e. The lowest BCUT2D eigenvalue weighted by molar-refractivity contribution is 0.383. The first-order valence-corrected chi connectivity index (χ1v) is 3.59. The Bertz CT molecular complexity index is 373. The summed E-state index contributed by atoms with van der Waals surface area (Å²) in [6.07, 6.45) is 1.11. The molecular weight excluding hydrogens is 195 g/mol. The second kappa shape index (κ2) is 4.43. The predicted octanol–water partition coefficient (Wildman–Crippen LogP) is 2.20. The molecule has 5 heteroatoms. The van der Waals surface area contributed by atoms with E-state index < -0.39 is 5.82 Å². The summed E-state index contributed by atoms with van der Waals surface area (Å²) in [5.74, 6) is -0.545. The average molecular weight is 199 g/mol. The lowest BCUT2D eigenvalue weighted by Gasteiger charge is -1.94. The van der Waals surface area contributed by atoms with Gasteiger partial charge in [-0.1, -0.05) is 5.16 Å². The smallest absolute Gasteiger partial charge is 0.167 e. The number of hydrogen-bond donors (Lipinski definition) is 0. The van der Waals surface area contributed by atoms with E-state index in [9.17, 15) is 4.39 Å². The monoisotopic (exact) mass is 198 g/mol. The zero-order valence-corrected chi connectivity index (χ0v) is 7.12. The molecule has 0 heterocycles. The molecule has 0 aliphatic carbocycles. The van der Waals surface area contributed by atoms with Crippen LogP contribution in [0.15, 0.2) is 23.4 Å². The first-order valence-electron chi connectivity index (χ1n) is 3.28. The fraction of sp³-hybridized carbons (Fsp3) is 0. The number of oxime groups is 1. The minimum atomic E-state index is -0.545. The van der Waals surface area contributed by atoms with E-state index >= 15 is 0 Å². The Kier molecular flexibility index (Phi) is 3.23. The van der Waals surface area contributed by atoms with E-state index in [1.807, 2.05) is 6.07 Å². The van der Waals surface area contributed by atoms with Crippen LogP contribution < -0.4 is 0 Å². The molecule has 0 aliphatic rings. The van der Waals surface area contributed by atoms with Gasteiger partial charge in [-0.2, -0.15) is 5.26 Å². The molecule has 0 aromatic heterocycles. The Labute approximate surface area is 79.2 Å². The highest BCUT2D eigenvalue weighted by Crippen LogP contribution is 2.07. The Balaban J connectivity index is 3.00. The number of halogens is 2. The van der Waals surface area contributed by atoms with Crippen LogP contribution in [-0.4, -0.2) is 6.21 Å². The fourth-order valence-corrected chi connectivity index (χ4v) is 0.818. The zero-order valence-electron chi connectivity index (χ0n) is 6.37.